The summed E-state index contributed by atoms with van der Waals surface area (Å²) in [6, 6.07) is 63.5. The number of rotatable bonds is 5. The van der Waals surface area contributed by atoms with Crippen molar-refractivity contribution in [3.8, 4) is 67.3 Å². The van der Waals surface area contributed by atoms with Crippen molar-refractivity contribution in [3.63, 3.8) is 0 Å². The first-order chi connectivity index (χ1) is 26.0. The van der Waals surface area contributed by atoms with Crippen molar-refractivity contribution in [2.24, 2.45) is 0 Å². The highest BCUT2D eigenvalue weighted by Gasteiger charge is 2.34. The SMILES string of the molecule is CP1(=O)c2ccccc2-c2cc(-c3c4ccccc4c(-c4ccc(-c5cc(-c6ccccc6)nc(-c6ccccc6)n5)cc4)c4ccccc34)ccc21. The lowest BCUT2D eigenvalue weighted by molar-refractivity contribution is 0.591. The second-order valence-electron chi connectivity index (χ2n) is 13.8. The average molecular weight is 697 g/mol. The van der Waals surface area contributed by atoms with Crippen LogP contribution in [0.1, 0.15) is 0 Å². The topological polar surface area (TPSA) is 42.9 Å². The van der Waals surface area contributed by atoms with Crippen molar-refractivity contribution in [2.45, 2.75) is 0 Å². The lowest BCUT2D eigenvalue weighted by Crippen LogP contribution is -2.07. The summed E-state index contributed by atoms with van der Waals surface area (Å²) in [5, 5.41) is 6.66. The van der Waals surface area contributed by atoms with Crippen molar-refractivity contribution in [2.75, 3.05) is 6.66 Å². The third-order valence-electron chi connectivity index (χ3n) is 10.6. The molecule has 0 saturated carbocycles. The first-order valence-corrected chi connectivity index (χ1v) is 20.1. The van der Waals surface area contributed by atoms with Gasteiger partial charge in [-0.3, -0.25) is 0 Å². The standard InChI is InChI=1S/C49H33N2OP/c1-53(52)45-23-13-12-18-37(45)42-30-36(28-29-46(42)53)48-40-21-10-8-19-38(40)47(39-20-9-11-22-41(39)48)34-26-24-33(25-27-34)44-31-43(32-14-4-2-5-15-32)50-49(51-44)35-16-6-3-7-17-35/h2-31H,1H3. The zero-order chi connectivity index (χ0) is 35.5. The molecule has 0 bridgehead atoms. The van der Waals surface area contributed by atoms with Gasteiger partial charge in [0, 0.05) is 27.3 Å². The number of hydrogen-bond donors (Lipinski definition) is 0. The fourth-order valence-corrected chi connectivity index (χ4v) is 10.4. The van der Waals surface area contributed by atoms with Crippen LogP contribution in [0.3, 0.4) is 0 Å². The molecule has 4 heteroatoms. The van der Waals surface area contributed by atoms with E-state index >= 15 is 0 Å². The van der Waals surface area contributed by atoms with Crippen LogP contribution in [0.2, 0.25) is 0 Å². The van der Waals surface area contributed by atoms with Crippen molar-refractivity contribution < 1.29 is 4.57 Å². The Kier molecular flexibility index (Phi) is 7.32. The van der Waals surface area contributed by atoms with Gasteiger partial charge in [-0.05, 0) is 79.8 Å². The Hall–Kier alpha value is -6.41. The van der Waals surface area contributed by atoms with Crippen molar-refractivity contribution in [3.05, 3.63) is 182 Å². The summed E-state index contributed by atoms with van der Waals surface area (Å²) in [5.41, 5.74) is 11.7. The van der Waals surface area contributed by atoms with E-state index in [1.807, 2.05) is 61.3 Å². The van der Waals surface area contributed by atoms with Crippen LogP contribution in [-0.2, 0) is 4.57 Å². The van der Waals surface area contributed by atoms with Gasteiger partial charge >= 0.3 is 0 Å². The van der Waals surface area contributed by atoms with Gasteiger partial charge in [-0.15, -0.1) is 0 Å². The van der Waals surface area contributed by atoms with E-state index in [0.717, 1.165) is 60.9 Å². The Morgan fingerprint density at radius 1 is 0.377 bits per heavy atom. The second-order valence-corrected chi connectivity index (χ2v) is 16.6. The van der Waals surface area contributed by atoms with E-state index in [1.54, 1.807) is 0 Å². The second kappa shape index (κ2) is 12.4. The van der Waals surface area contributed by atoms with Gasteiger partial charge in [0.1, 0.15) is 7.14 Å². The first-order valence-electron chi connectivity index (χ1n) is 17.9. The van der Waals surface area contributed by atoms with Gasteiger partial charge in [0.05, 0.1) is 11.4 Å². The van der Waals surface area contributed by atoms with E-state index in [9.17, 15) is 4.57 Å². The quantitative estimate of drug-likeness (QED) is 0.133. The minimum Gasteiger partial charge on any atom is -0.314 e. The molecule has 0 fully saturated rings. The molecular weight excluding hydrogens is 664 g/mol. The minimum absolute atomic E-state index is 0.704. The Morgan fingerprint density at radius 2 is 0.811 bits per heavy atom. The normalized spacial score (nSPS) is 14.7. The maximum absolute atomic E-state index is 14.0. The summed E-state index contributed by atoms with van der Waals surface area (Å²) in [6.07, 6.45) is 0. The molecule has 1 atom stereocenters. The van der Waals surface area contributed by atoms with Gasteiger partial charge < -0.3 is 4.57 Å². The van der Waals surface area contributed by atoms with Gasteiger partial charge in [-0.2, -0.15) is 0 Å². The van der Waals surface area contributed by atoms with E-state index in [1.165, 1.54) is 32.7 Å². The lowest BCUT2D eigenvalue weighted by Gasteiger charge is -2.18. The largest absolute Gasteiger partial charge is 0.314 e. The molecule has 0 N–H and O–H groups in total. The van der Waals surface area contributed by atoms with Crippen molar-refractivity contribution >= 4 is 39.3 Å². The molecule has 0 amide bonds. The molecule has 8 aromatic carbocycles. The summed E-state index contributed by atoms with van der Waals surface area (Å²) >= 11 is 0. The molecule has 250 valence electrons. The molecule has 0 radical (unpaired) electrons. The van der Waals surface area contributed by atoms with Crippen LogP contribution in [0.25, 0.3) is 88.8 Å². The molecule has 1 aromatic heterocycles. The van der Waals surface area contributed by atoms with E-state index in [-0.39, 0.29) is 0 Å². The zero-order valence-electron chi connectivity index (χ0n) is 29.1. The third kappa shape index (κ3) is 5.16. The van der Waals surface area contributed by atoms with Gasteiger partial charge in [0.2, 0.25) is 0 Å². The van der Waals surface area contributed by atoms with Crippen molar-refractivity contribution in [1.82, 2.24) is 9.97 Å². The molecule has 1 unspecified atom stereocenters. The van der Waals surface area contributed by atoms with Crippen LogP contribution in [0.15, 0.2) is 182 Å². The molecule has 10 rings (SSSR count). The van der Waals surface area contributed by atoms with Crippen LogP contribution in [0, 0.1) is 0 Å². The number of benzene rings is 8. The molecule has 0 saturated heterocycles. The highest BCUT2D eigenvalue weighted by Crippen LogP contribution is 2.51. The lowest BCUT2D eigenvalue weighted by atomic mass is 9.85. The smallest absolute Gasteiger partial charge is 0.160 e. The number of nitrogens with zero attached hydrogens (tertiary/aromatic N) is 2. The van der Waals surface area contributed by atoms with Crippen LogP contribution in [0.4, 0.5) is 0 Å². The highest BCUT2D eigenvalue weighted by atomic mass is 31.2. The predicted octanol–water partition coefficient (Wildman–Crippen LogP) is 12.0. The minimum atomic E-state index is -2.65. The zero-order valence-corrected chi connectivity index (χ0v) is 30.0. The fraction of sp³-hybridized carbons (Fsp3) is 0.0204. The fourth-order valence-electron chi connectivity index (χ4n) is 8.11. The Labute approximate surface area is 308 Å². The molecule has 2 heterocycles. The molecule has 0 spiro atoms. The van der Waals surface area contributed by atoms with Gasteiger partial charge in [0.15, 0.2) is 5.82 Å². The van der Waals surface area contributed by atoms with E-state index in [0.29, 0.717) is 5.82 Å². The molecule has 53 heavy (non-hydrogen) atoms. The Morgan fingerprint density at radius 3 is 1.42 bits per heavy atom. The van der Waals surface area contributed by atoms with Crippen LogP contribution >= 0.6 is 7.14 Å². The van der Waals surface area contributed by atoms with Gasteiger partial charge in [-0.1, -0.05) is 164 Å². The van der Waals surface area contributed by atoms with Crippen LogP contribution in [-0.4, -0.2) is 16.6 Å². The first kappa shape index (κ1) is 31.3. The van der Waals surface area contributed by atoms with Crippen molar-refractivity contribution in [1.29, 1.82) is 0 Å². The maximum Gasteiger partial charge on any atom is 0.160 e. The molecule has 1 aliphatic heterocycles. The summed E-state index contributed by atoms with van der Waals surface area (Å²) in [6.45, 7) is 1.90. The van der Waals surface area contributed by atoms with E-state index < -0.39 is 7.14 Å². The summed E-state index contributed by atoms with van der Waals surface area (Å²) in [7, 11) is -2.65. The Bertz CT molecular complexity index is 2800. The number of fused-ring (bicyclic) bond motifs is 5. The summed E-state index contributed by atoms with van der Waals surface area (Å²) in [5.74, 6) is 0.704. The summed E-state index contributed by atoms with van der Waals surface area (Å²) < 4.78 is 14.0. The molecule has 3 nitrogen and oxygen atoms in total. The van der Waals surface area contributed by atoms with E-state index in [2.05, 4.69) is 127 Å². The maximum atomic E-state index is 14.0. The monoisotopic (exact) mass is 696 g/mol. The molecule has 9 aromatic rings. The number of aromatic nitrogens is 2. The predicted molar refractivity (Wildman–Crippen MR) is 222 cm³/mol. The third-order valence-corrected chi connectivity index (χ3v) is 13.2. The van der Waals surface area contributed by atoms with Crippen LogP contribution < -0.4 is 10.6 Å². The molecule has 1 aliphatic rings. The van der Waals surface area contributed by atoms with Gasteiger partial charge in [0.25, 0.3) is 0 Å². The van der Waals surface area contributed by atoms with E-state index in [4.69, 9.17) is 9.97 Å². The Balaban J connectivity index is 1.13. The molecular formula is C49H33N2OP. The number of hydrogen-bond acceptors (Lipinski definition) is 3. The van der Waals surface area contributed by atoms with Crippen LogP contribution in [0.5, 0.6) is 0 Å². The van der Waals surface area contributed by atoms with Gasteiger partial charge in [-0.25, -0.2) is 9.97 Å². The highest BCUT2D eigenvalue weighted by molar-refractivity contribution is 7.79. The average Bonchev–Trinajstić information content (AvgIpc) is 3.45. The molecule has 0 aliphatic carbocycles. The summed E-state index contributed by atoms with van der Waals surface area (Å²) in [4.78, 5) is 10.0.